The molecule has 1 aliphatic rings. The maximum absolute atomic E-state index is 11.8. The highest BCUT2D eigenvalue weighted by Crippen LogP contribution is 2.17. The van der Waals surface area contributed by atoms with Crippen LogP contribution in [0.15, 0.2) is 17.5 Å². The molecule has 1 saturated heterocycles. The number of carbonyl (C=O) groups excluding carboxylic acids is 1. The molecule has 0 N–H and O–H groups in total. The summed E-state index contributed by atoms with van der Waals surface area (Å²) in [6.07, 6.45) is 0. The Kier molecular flexibility index (Phi) is 4.69. The first-order valence-corrected chi connectivity index (χ1v) is 7.35. The van der Waals surface area contributed by atoms with Crippen molar-refractivity contribution in [3.05, 3.63) is 22.4 Å². The van der Waals surface area contributed by atoms with Gasteiger partial charge < -0.3 is 9.64 Å². The molecule has 2 rings (SSSR count). The van der Waals surface area contributed by atoms with Crippen LogP contribution >= 0.6 is 23.1 Å². The van der Waals surface area contributed by atoms with Gasteiger partial charge in [0, 0.05) is 23.7 Å². The fraction of sp³-hybridized carbons (Fsp3) is 0.545. The molecule has 2 heterocycles. The lowest BCUT2D eigenvalue weighted by Crippen LogP contribution is -2.41. The van der Waals surface area contributed by atoms with Gasteiger partial charge in [0.05, 0.1) is 19.0 Å². The molecule has 1 amide bonds. The van der Waals surface area contributed by atoms with Crippen LogP contribution in [0.5, 0.6) is 0 Å². The van der Waals surface area contributed by atoms with E-state index in [-0.39, 0.29) is 5.91 Å². The number of nitrogens with zero attached hydrogens (tertiary/aromatic N) is 1. The molecule has 0 saturated carbocycles. The second-order valence-corrected chi connectivity index (χ2v) is 5.58. The highest BCUT2D eigenvalue weighted by Gasteiger charge is 2.16. The van der Waals surface area contributed by atoms with Gasteiger partial charge in [-0.25, -0.2) is 0 Å². The molecule has 1 aromatic heterocycles. The number of ether oxygens (including phenoxy) is 1. The van der Waals surface area contributed by atoms with Crippen LogP contribution in [0.2, 0.25) is 0 Å². The monoisotopic (exact) mass is 257 g/mol. The van der Waals surface area contributed by atoms with Gasteiger partial charge in [-0.2, -0.15) is 0 Å². The van der Waals surface area contributed by atoms with E-state index in [0.29, 0.717) is 19.0 Å². The molecule has 88 valence electrons. The minimum Gasteiger partial charge on any atom is -0.378 e. The van der Waals surface area contributed by atoms with Gasteiger partial charge in [-0.3, -0.25) is 4.79 Å². The van der Waals surface area contributed by atoms with Crippen LogP contribution < -0.4 is 0 Å². The SMILES string of the molecule is O=C(CSCc1cccs1)N1CCOCC1. The molecule has 1 aromatic rings. The third kappa shape index (κ3) is 3.50. The first-order valence-electron chi connectivity index (χ1n) is 5.32. The zero-order chi connectivity index (χ0) is 11.2. The van der Waals surface area contributed by atoms with E-state index in [9.17, 15) is 4.79 Å². The maximum atomic E-state index is 11.8. The van der Waals surface area contributed by atoms with Crippen LogP contribution in [-0.4, -0.2) is 42.9 Å². The third-order valence-electron chi connectivity index (χ3n) is 2.41. The van der Waals surface area contributed by atoms with Crippen LogP contribution in [0.25, 0.3) is 0 Å². The molecule has 5 heteroatoms. The van der Waals surface area contributed by atoms with Gasteiger partial charge >= 0.3 is 0 Å². The molecule has 0 spiro atoms. The van der Waals surface area contributed by atoms with E-state index in [2.05, 4.69) is 11.4 Å². The highest BCUT2D eigenvalue weighted by atomic mass is 32.2. The summed E-state index contributed by atoms with van der Waals surface area (Å²) in [5.41, 5.74) is 0. The number of morpholine rings is 1. The number of rotatable bonds is 4. The highest BCUT2D eigenvalue weighted by molar-refractivity contribution is 7.99. The molecule has 0 atom stereocenters. The summed E-state index contributed by atoms with van der Waals surface area (Å²) in [4.78, 5) is 15.0. The van der Waals surface area contributed by atoms with Crippen molar-refractivity contribution in [3.8, 4) is 0 Å². The fourth-order valence-electron chi connectivity index (χ4n) is 1.54. The number of hydrogen-bond acceptors (Lipinski definition) is 4. The quantitative estimate of drug-likeness (QED) is 0.824. The number of thiophene rings is 1. The lowest BCUT2D eigenvalue weighted by Gasteiger charge is -2.26. The van der Waals surface area contributed by atoms with Crippen LogP contribution in [0.3, 0.4) is 0 Å². The Morgan fingerprint density at radius 1 is 1.50 bits per heavy atom. The summed E-state index contributed by atoms with van der Waals surface area (Å²) >= 11 is 3.44. The largest absolute Gasteiger partial charge is 0.378 e. The minimum absolute atomic E-state index is 0.241. The average Bonchev–Trinajstić information content (AvgIpc) is 2.83. The number of hydrogen-bond donors (Lipinski definition) is 0. The first kappa shape index (κ1) is 12.0. The lowest BCUT2D eigenvalue weighted by molar-refractivity contribution is -0.132. The molecule has 1 aliphatic heterocycles. The Bertz CT molecular complexity index is 321. The normalized spacial score (nSPS) is 16.4. The maximum Gasteiger partial charge on any atom is 0.232 e. The molecule has 3 nitrogen and oxygen atoms in total. The molecule has 0 aromatic carbocycles. The number of amides is 1. The molecule has 0 radical (unpaired) electrons. The van der Waals surface area contributed by atoms with Crippen molar-refractivity contribution in [2.75, 3.05) is 32.1 Å². The van der Waals surface area contributed by atoms with Gasteiger partial charge in [-0.1, -0.05) is 6.07 Å². The van der Waals surface area contributed by atoms with Gasteiger partial charge in [0.25, 0.3) is 0 Å². The molecule has 1 fully saturated rings. The van der Waals surface area contributed by atoms with Crippen LogP contribution in [0.1, 0.15) is 4.88 Å². The minimum atomic E-state index is 0.241. The Hall–Kier alpha value is -0.520. The molecule has 0 aliphatic carbocycles. The summed E-state index contributed by atoms with van der Waals surface area (Å²) in [6.45, 7) is 2.86. The Morgan fingerprint density at radius 2 is 2.31 bits per heavy atom. The average molecular weight is 257 g/mol. The van der Waals surface area contributed by atoms with E-state index in [4.69, 9.17) is 4.74 Å². The number of thioether (sulfide) groups is 1. The third-order valence-corrected chi connectivity index (χ3v) is 4.44. The summed E-state index contributed by atoms with van der Waals surface area (Å²) in [7, 11) is 0. The molecule has 16 heavy (non-hydrogen) atoms. The summed E-state index contributed by atoms with van der Waals surface area (Å²) in [5, 5.41) is 2.07. The van der Waals surface area contributed by atoms with Gasteiger partial charge in [-0.05, 0) is 11.4 Å². The van der Waals surface area contributed by atoms with Gasteiger partial charge in [0.15, 0.2) is 0 Å². The standard InChI is InChI=1S/C11H15NO2S2/c13-11(12-3-5-14-6-4-12)9-15-8-10-2-1-7-16-10/h1-2,7H,3-6,8-9H2. The zero-order valence-electron chi connectivity index (χ0n) is 9.05. The van der Waals surface area contributed by atoms with Crippen molar-refractivity contribution in [1.82, 2.24) is 4.90 Å². The van der Waals surface area contributed by atoms with Crippen molar-refractivity contribution in [3.63, 3.8) is 0 Å². The Labute approximate surface area is 104 Å². The molecule has 0 bridgehead atoms. The Morgan fingerprint density at radius 3 is 3.00 bits per heavy atom. The van der Waals surface area contributed by atoms with Crippen LogP contribution in [-0.2, 0) is 15.3 Å². The van der Waals surface area contributed by atoms with Crippen molar-refractivity contribution in [1.29, 1.82) is 0 Å². The van der Waals surface area contributed by atoms with E-state index < -0.39 is 0 Å². The van der Waals surface area contributed by atoms with E-state index in [1.54, 1.807) is 23.1 Å². The van der Waals surface area contributed by atoms with Crippen molar-refractivity contribution >= 4 is 29.0 Å². The predicted octanol–water partition coefficient (Wildman–Crippen LogP) is 1.84. The van der Waals surface area contributed by atoms with E-state index in [1.165, 1.54) is 4.88 Å². The topological polar surface area (TPSA) is 29.5 Å². The van der Waals surface area contributed by atoms with E-state index in [1.807, 2.05) is 11.0 Å². The van der Waals surface area contributed by atoms with E-state index >= 15 is 0 Å². The number of carbonyl (C=O) groups is 1. The van der Waals surface area contributed by atoms with Crippen LogP contribution in [0, 0.1) is 0 Å². The van der Waals surface area contributed by atoms with Gasteiger partial charge in [0.2, 0.25) is 5.91 Å². The van der Waals surface area contributed by atoms with Crippen molar-refractivity contribution in [2.24, 2.45) is 0 Å². The van der Waals surface area contributed by atoms with Crippen molar-refractivity contribution < 1.29 is 9.53 Å². The van der Waals surface area contributed by atoms with Crippen LogP contribution in [0.4, 0.5) is 0 Å². The molecular weight excluding hydrogens is 242 g/mol. The summed E-state index contributed by atoms with van der Waals surface area (Å²) in [6, 6.07) is 4.15. The first-order chi connectivity index (χ1) is 7.86. The Balaban J connectivity index is 1.67. The predicted molar refractivity (Wildman–Crippen MR) is 67.9 cm³/mol. The summed E-state index contributed by atoms with van der Waals surface area (Å²) in [5.74, 6) is 1.76. The summed E-state index contributed by atoms with van der Waals surface area (Å²) < 4.78 is 5.21. The fourth-order valence-corrected chi connectivity index (χ4v) is 3.31. The van der Waals surface area contributed by atoms with Gasteiger partial charge in [-0.15, -0.1) is 23.1 Å². The lowest BCUT2D eigenvalue weighted by atomic mass is 10.4. The second kappa shape index (κ2) is 6.27. The smallest absolute Gasteiger partial charge is 0.232 e. The second-order valence-electron chi connectivity index (χ2n) is 3.57. The van der Waals surface area contributed by atoms with E-state index in [0.717, 1.165) is 18.8 Å². The van der Waals surface area contributed by atoms with Crippen molar-refractivity contribution in [2.45, 2.75) is 5.75 Å². The molecular formula is C11H15NO2S2. The molecule has 0 unspecified atom stereocenters. The zero-order valence-corrected chi connectivity index (χ0v) is 10.7. The van der Waals surface area contributed by atoms with Gasteiger partial charge in [0.1, 0.15) is 0 Å².